The molecular weight excluding hydrogens is 507 g/mol. The van der Waals surface area contributed by atoms with Crippen LogP contribution in [-0.2, 0) is 10.0 Å². The topological polar surface area (TPSA) is 109 Å². The van der Waals surface area contributed by atoms with E-state index in [-0.39, 0.29) is 16.6 Å². The van der Waals surface area contributed by atoms with Crippen LogP contribution in [0.25, 0.3) is 22.2 Å². The monoisotopic (exact) mass is 536 g/mol. The molecule has 0 aliphatic carbocycles. The number of aromatic nitrogens is 3. The Kier molecular flexibility index (Phi) is 7.50. The summed E-state index contributed by atoms with van der Waals surface area (Å²) in [4.78, 5) is 7.02. The highest BCUT2D eigenvalue weighted by atomic mass is 32.2. The van der Waals surface area contributed by atoms with Crippen LogP contribution in [0.1, 0.15) is 18.4 Å². The van der Waals surface area contributed by atoms with Gasteiger partial charge in [-0.1, -0.05) is 12.1 Å². The molecule has 1 aliphatic heterocycles. The van der Waals surface area contributed by atoms with Crippen molar-refractivity contribution in [3.8, 4) is 16.9 Å². The number of rotatable bonds is 9. The molecule has 9 nitrogen and oxygen atoms in total. The van der Waals surface area contributed by atoms with Crippen molar-refractivity contribution in [2.75, 3.05) is 38.6 Å². The molecule has 0 atom stereocenters. The number of fused-ring (bicyclic) bond motifs is 1. The van der Waals surface area contributed by atoms with Crippen molar-refractivity contribution in [1.29, 1.82) is 0 Å². The highest BCUT2D eigenvalue weighted by Crippen LogP contribution is 2.32. The largest absolute Gasteiger partial charge is 0.494 e. The number of nitrogens with one attached hydrogen (secondary N) is 2. The number of aryl methyl sites for hydroxylation is 1. The molecule has 1 fully saturated rings. The zero-order valence-electron chi connectivity index (χ0n) is 21.2. The number of ether oxygens (including phenoxy) is 1. The van der Waals surface area contributed by atoms with Crippen LogP contribution in [0, 0.1) is 12.7 Å². The maximum Gasteiger partial charge on any atom is 0.247 e. The van der Waals surface area contributed by atoms with Crippen molar-refractivity contribution in [3.05, 3.63) is 66.0 Å². The van der Waals surface area contributed by atoms with Crippen molar-refractivity contribution >= 4 is 32.7 Å². The van der Waals surface area contributed by atoms with E-state index in [4.69, 9.17) is 4.74 Å². The third kappa shape index (κ3) is 5.59. The summed E-state index contributed by atoms with van der Waals surface area (Å²) in [6.07, 6.45) is 2.34. The number of halogens is 1. The number of hydrogen-bond donors (Lipinski definition) is 2. The normalized spacial score (nSPS) is 14.2. The lowest BCUT2D eigenvalue weighted by Crippen LogP contribution is -2.33. The molecule has 198 valence electrons. The Balaban J connectivity index is 1.30. The van der Waals surface area contributed by atoms with E-state index in [1.165, 1.54) is 32.1 Å². The average Bonchev–Trinajstić information content (AvgIpc) is 3.43. The fraction of sp³-hybridized carbons (Fsp3) is 0.296. The van der Waals surface area contributed by atoms with Crippen LogP contribution in [0.2, 0.25) is 0 Å². The molecule has 1 aromatic heterocycles. The Bertz CT molecular complexity index is 1560. The van der Waals surface area contributed by atoms with Crippen LogP contribution < -0.4 is 14.8 Å². The van der Waals surface area contributed by atoms with Gasteiger partial charge in [-0.3, -0.25) is 0 Å². The Labute approximate surface area is 221 Å². The van der Waals surface area contributed by atoms with Gasteiger partial charge in [-0.2, -0.15) is 0 Å². The second kappa shape index (κ2) is 11.0. The van der Waals surface area contributed by atoms with Crippen LogP contribution >= 0.6 is 0 Å². The van der Waals surface area contributed by atoms with Gasteiger partial charge in [-0.05, 0) is 86.4 Å². The summed E-state index contributed by atoms with van der Waals surface area (Å²) in [5.41, 5.74) is 3.62. The molecule has 11 heteroatoms. The first-order valence-electron chi connectivity index (χ1n) is 12.4. The third-order valence-corrected chi connectivity index (χ3v) is 8.06. The Hall–Kier alpha value is -3.67. The number of nitrogens with zero attached hydrogens (tertiary/aromatic N) is 4. The number of methoxy groups -OCH3 is 1. The molecule has 38 heavy (non-hydrogen) atoms. The molecular formula is C27H29FN6O3S. The predicted octanol–water partition coefficient (Wildman–Crippen LogP) is 4.27. The molecule has 0 unspecified atom stereocenters. The van der Waals surface area contributed by atoms with Crippen LogP contribution in [0.15, 0.2) is 59.5 Å². The van der Waals surface area contributed by atoms with Crippen molar-refractivity contribution in [1.82, 2.24) is 24.8 Å². The van der Waals surface area contributed by atoms with E-state index in [0.717, 1.165) is 18.7 Å². The highest BCUT2D eigenvalue weighted by molar-refractivity contribution is 7.89. The van der Waals surface area contributed by atoms with E-state index >= 15 is 0 Å². The third-order valence-electron chi connectivity index (χ3n) is 6.58. The first kappa shape index (κ1) is 26.0. The minimum Gasteiger partial charge on any atom is -0.494 e. The molecule has 3 aromatic carbocycles. The van der Waals surface area contributed by atoms with E-state index < -0.39 is 15.8 Å². The minimum absolute atomic E-state index is 0.167. The van der Waals surface area contributed by atoms with Crippen molar-refractivity contribution in [2.24, 2.45) is 0 Å². The Morgan fingerprint density at radius 1 is 1.05 bits per heavy atom. The first-order valence-corrected chi connectivity index (χ1v) is 13.9. The lowest BCUT2D eigenvalue weighted by Gasteiger charge is -2.15. The Morgan fingerprint density at radius 3 is 2.55 bits per heavy atom. The van der Waals surface area contributed by atoms with Crippen molar-refractivity contribution in [3.63, 3.8) is 0 Å². The van der Waals surface area contributed by atoms with Gasteiger partial charge in [0.15, 0.2) is 11.6 Å². The zero-order valence-corrected chi connectivity index (χ0v) is 22.1. The van der Waals surface area contributed by atoms with Crippen LogP contribution in [0.4, 0.5) is 16.0 Å². The summed E-state index contributed by atoms with van der Waals surface area (Å²) >= 11 is 0. The maximum absolute atomic E-state index is 14.8. The molecule has 2 N–H and O–H groups in total. The highest BCUT2D eigenvalue weighted by Gasteiger charge is 2.17. The van der Waals surface area contributed by atoms with E-state index in [1.807, 2.05) is 13.0 Å². The van der Waals surface area contributed by atoms with E-state index in [1.54, 1.807) is 36.4 Å². The molecule has 2 heterocycles. The molecule has 4 aromatic rings. The lowest BCUT2D eigenvalue weighted by atomic mass is 10.0. The molecule has 0 amide bonds. The van der Waals surface area contributed by atoms with E-state index in [2.05, 4.69) is 30.1 Å². The minimum atomic E-state index is -3.59. The fourth-order valence-corrected chi connectivity index (χ4v) is 5.61. The molecule has 1 aliphatic rings. The molecule has 0 saturated carbocycles. The summed E-state index contributed by atoms with van der Waals surface area (Å²) in [6, 6.07) is 14.9. The molecule has 0 spiro atoms. The first-order chi connectivity index (χ1) is 18.3. The van der Waals surface area contributed by atoms with Gasteiger partial charge in [-0.15, -0.1) is 10.2 Å². The van der Waals surface area contributed by atoms with Gasteiger partial charge >= 0.3 is 0 Å². The number of benzene rings is 3. The SMILES string of the molecule is COc1cccc(-c2cc(C)c3nc(Nc4ccc(S(=O)(=O)NCCN5CCCC5)cc4)nnc3c2)c1F. The quantitative estimate of drug-likeness (QED) is 0.327. The van der Waals surface area contributed by atoms with Crippen LogP contribution in [0.3, 0.4) is 0 Å². The molecule has 5 rings (SSSR count). The van der Waals surface area contributed by atoms with Gasteiger partial charge in [0, 0.05) is 24.3 Å². The van der Waals surface area contributed by atoms with Crippen molar-refractivity contribution in [2.45, 2.75) is 24.7 Å². The molecule has 0 radical (unpaired) electrons. The van der Waals surface area contributed by atoms with Gasteiger partial charge in [0.25, 0.3) is 0 Å². The zero-order chi connectivity index (χ0) is 26.7. The van der Waals surface area contributed by atoms with Gasteiger partial charge < -0.3 is 15.0 Å². The van der Waals surface area contributed by atoms with Gasteiger partial charge in [0.2, 0.25) is 16.0 Å². The lowest BCUT2D eigenvalue weighted by molar-refractivity contribution is 0.344. The summed E-state index contributed by atoms with van der Waals surface area (Å²) in [5.74, 6) is -0.0128. The fourth-order valence-electron chi connectivity index (χ4n) is 4.59. The van der Waals surface area contributed by atoms with Crippen LogP contribution in [0.5, 0.6) is 5.75 Å². The second-order valence-electron chi connectivity index (χ2n) is 9.21. The van der Waals surface area contributed by atoms with Gasteiger partial charge in [0.05, 0.1) is 17.5 Å². The standard InChI is InChI=1S/C27H29FN6O3S/c1-18-16-19(22-6-5-7-24(37-2)25(22)28)17-23-26(18)31-27(33-32-23)30-20-8-10-21(11-9-20)38(35,36)29-12-15-34-13-3-4-14-34/h5-11,16-17,29H,3-4,12-15H2,1-2H3,(H,30,31,33). The van der Waals surface area contributed by atoms with Crippen molar-refractivity contribution < 1.29 is 17.5 Å². The van der Waals surface area contributed by atoms with E-state index in [9.17, 15) is 12.8 Å². The smallest absolute Gasteiger partial charge is 0.247 e. The Morgan fingerprint density at radius 2 is 1.82 bits per heavy atom. The number of sulfonamides is 1. The molecule has 0 bridgehead atoms. The summed E-state index contributed by atoms with van der Waals surface area (Å²) in [6.45, 7) is 5.01. The maximum atomic E-state index is 14.8. The summed E-state index contributed by atoms with van der Waals surface area (Å²) < 4.78 is 47.8. The predicted molar refractivity (Wildman–Crippen MR) is 145 cm³/mol. The van der Waals surface area contributed by atoms with Crippen LogP contribution in [-0.4, -0.2) is 61.8 Å². The average molecular weight is 537 g/mol. The summed E-state index contributed by atoms with van der Waals surface area (Å²) in [5, 5.41) is 11.5. The van der Waals surface area contributed by atoms with Gasteiger partial charge in [0.1, 0.15) is 5.52 Å². The number of likely N-dealkylation sites (tertiary alicyclic amines) is 1. The number of anilines is 2. The van der Waals surface area contributed by atoms with Gasteiger partial charge in [-0.25, -0.2) is 22.5 Å². The number of hydrogen-bond acceptors (Lipinski definition) is 8. The van der Waals surface area contributed by atoms with E-state index in [0.29, 0.717) is 40.9 Å². The second-order valence-corrected chi connectivity index (χ2v) is 11.0. The summed E-state index contributed by atoms with van der Waals surface area (Å²) in [7, 11) is -2.17. The molecule has 1 saturated heterocycles.